The van der Waals surface area contributed by atoms with Crippen molar-refractivity contribution < 1.29 is 4.42 Å². The number of nitrogens with zero attached hydrogens (tertiary/aromatic N) is 1. The summed E-state index contributed by atoms with van der Waals surface area (Å²) in [4.78, 5) is 4.02. The zero-order valence-electron chi connectivity index (χ0n) is 9.77. The van der Waals surface area contributed by atoms with Crippen LogP contribution < -0.4 is 5.32 Å². The van der Waals surface area contributed by atoms with E-state index in [4.69, 9.17) is 16.0 Å². The van der Waals surface area contributed by atoms with E-state index >= 15 is 0 Å². The van der Waals surface area contributed by atoms with Crippen molar-refractivity contribution in [2.24, 2.45) is 0 Å². The number of pyridine rings is 1. The van der Waals surface area contributed by atoms with Crippen LogP contribution in [0.4, 0.5) is 11.4 Å². The van der Waals surface area contributed by atoms with Gasteiger partial charge in [-0.3, -0.25) is 4.98 Å². The average molecular weight is 259 g/mol. The van der Waals surface area contributed by atoms with Gasteiger partial charge in [-0.1, -0.05) is 11.6 Å². The van der Waals surface area contributed by atoms with Gasteiger partial charge >= 0.3 is 0 Å². The van der Waals surface area contributed by atoms with Crippen molar-refractivity contribution in [1.82, 2.24) is 4.98 Å². The molecule has 0 aliphatic rings. The zero-order valence-corrected chi connectivity index (χ0v) is 10.5. The summed E-state index contributed by atoms with van der Waals surface area (Å²) in [6, 6.07) is 7.67. The van der Waals surface area contributed by atoms with Gasteiger partial charge in [0.05, 0.1) is 11.9 Å². The van der Waals surface area contributed by atoms with E-state index < -0.39 is 0 Å². The molecule has 1 aromatic carbocycles. The SMILES string of the molecule is Cc1cc(Cl)ccc1Nc1coc2cnccc12. The molecule has 0 saturated carbocycles. The molecule has 3 nitrogen and oxygen atoms in total. The number of hydrogen-bond acceptors (Lipinski definition) is 3. The van der Waals surface area contributed by atoms with Crippen LogP contribution in [-0.2, 0) is 0 Å². The Kier molecular flexibility index (Phi) is 2.68. The number of rotatable bonds is 2. The normalized spacial score (nSPS) is 10.8. The van der Waals surface area contributed by atoms with Crippen LogP contribution in [0.5, 0.6) is 0 Å². The van der Waals surface area contributed by atoms with Crippen LogP contribution in [0.15, 0.2) is 47.3 Å². The molecule has 18 heavy (non-hydrogen) atoms. The van der Waals surface area contributed by atoms with Gasteiger partial charge in [0, 0.05) is 22.3 Å². The largest absolute Gasteiger partial charge is 0.460 e. The summed E-state index contributed by atoms with van der Waals surface area (Å²) in [7, 11) is 0. The summed E-state index contributed by atoms with van der Waals surface area (Å²) in [5, 5.41) is 5.09. The molecular weight excluding hydrogens is 248 g/mol. The number of anilines is 2. The van der Waals surface area contributed by atoms with Gasteiger partial charge in [-0.05, 0) is 36.8 Å². The summed E-state index contributed by atoms with van der Waals surface area (Å²) < 4.78 is 5.43. The lowest BCUT2D eigenvalue weighted by Crippen LogP contribution is -1.91. The summed E-state index contributed by atoms with van der Waals surface area (Å²) in [5.41, 5.74) is 3.80. The smallest absolute Gasteiger partial charge is 0.154 e. The summed E-state index contributed by atoms with van der Waals surface area (Å²) in [6.07, 6.45) is 5.15. The molecule has 0 saturated heterocycles. The van der Waals surface area contributed by atoms with Crippen LogP contribution in [0.1, 0.15) is 5.56 Å². The van der Waals surface area contributed by atoms with Gasteiger partial charge in [0.25, 0.3) is 0 Å². The topological polar surface area (TPSA) is 38.1 Å². The summed E-state index contributed by atoms with van der Waals surface area (Å²) in [6.45, 7) is 2.01. The minimum Gasteiger partial charge on any atom is -0.460 e. The highest BCUT2D eigenvalue weighted by Crippen LogP contribution is 2.29. The van der Waals surface area contributed by atoms with Gasteiger partial charge in [-0.2, -0.15) is 0 Å². The van der Waals surface area contributed by atoms with Crippen molar-refractivity contribution in [3.63, 3.8) is 0 Å². The molecule has 4 heteroatoms. The van der Waals surface area contributed by atoms with Crippen LogP contribution in [0.2, 0.25) is 5.02 Å². The number of furan rings is 1. The van der Waals surface area contributed by atoms with Gasteiger partial charge in [-0.25, -0.2) is 0 Å². The first-order chi connectivity index (χ1) is 8.74. The molecule has 3 aromatic rings. The lowest BCUT2D eigenvalue weighted by molar-refractivity contribution is 0.615. The predicted octanol–water partition coefficient (Wildman–Crippen LogP) is 4.53. The van der Waals surface area contributed by atoms with E-state index in [2.05, 4.69) is 10.3 Å². The van der Waals surface area contributed by atoms with E-state index in [0.29, 0.717) is 0 Å². The van der Waals surface area contributed by atoms with Crippen molar-refractivity contribution in [3.8, 4) is 0 Å². The summed E-state index contributed by atoms with van der Waals surface area (Å²) >= 11 is 5.94. The quantitative estimate of drug-likeness (QED) is 0.734. The first kappa shape index (κ1) is 11.1. The first-order valence-electron chi connectivity index (χ1n) is 5.58. The second-order valence-electron chi connectivity index (χ2n) is 4.11. The highest BCUT2D eigenvalue weighted by Gasteiger charge is 2.07. The maximum Gasteiger partial charge on any atom is 0.154 e. The molecule has 0 atom stereocenters. The van der Waals surface area contributed by atoms with Crippen molar-refractivity contribution in [2.75, 3.05) is 5.32 Å². The van der Waals surface area contributed by atoms with Crippen LogP contribution >= 0.6 is 11.6 Å². The molecule has 0 spiro atoms. The second-order valence-corrected chi connectivity index (χ2v) is 4.54. The lowest BCUT2D eigenvalue weighted by atomic mass is 10.2. The number of benzene rings is 1. The monoisotopic (exact) mass is 258 g/mol. The average Bonchev–Trinajstić information content (AvgIpc) is 2.76. The fourth-order valence-corrected chi connectivity index (χ4v) is 2.12. The molecule has 0 aliphatic carbocycles. The third kappa shape index (κ3) is 1.93. The Labute approximate surface area is 109 Å². The fraction of sp³-hybridized carbons (Fsp3) is 0.0714. The molecule has 0 bridgehead atoms. The Hall–Kier alpha value is -2.00. The molecule has 90 valence electrons. The standard InChI is InChI=1S/C14H11ClN2O/c1-9-6-10(15)2-3-12(9)17-13-8-18-14-7-16-5-4-11(13)14/h2-8,17H,1H3. The van der Waals surface area contributed by atoms with Crippen LogP contribution in [0, 0.1) is 6.92 Å². The van der Waals surface area contributed by atoms with Crippen LogP contribution in [-0.4, -0.2) is 4.98 Å². The van der Waals surface area contributed by atoms with Gasteiger partial charge in [-0.15, -0.1) is 0 Å². The Balaban J connectivity index is 2.01. The molecule has 1 N–H and O–H groups in total. The molecule has 0 amide bonds. The van der Waals surface area contributed by atoms with E-state index in [0.717, 1.165) is 32.9 Å². The molecule has 3 rings (SSSR count). The number of aromatic nitrogens is 1. The number of hydrogen-bond donors (Lipinski definition) is 1. The second kappa shape index (κ2) is 4.35. The lowest BCUT2D eigenvalue weighted by Gasteiger charge is -2.08. The number of fused-ring (bicyclic) bond motifs is 1. The Morgan fingerprint density at radius 2 is 2.11 bits per heavy atom. The maximum atomic E-state index is 5.94. The van der Waals surface area contributed by atoms with E-state index in [1.54, 1.807) is 18.7 Å². The highest BCUT2D eigenvalue weighted by molar-refractivity contribution is 6.30. The highest BCUT2D eigenvalue weighted by atomic mass is 35.5. The van der Waals surface area contributed by atoms with Gasteiger partial charge < -0.3 is 9.73 Å². The van der Waals surface area contributed by atoms with E-state index in [1.165, 1.54) is 0 Å². The minimum absolute atomic E-state index is 0.735. The molecular formula is C14H11ClN2O. The molecule has 2 aromatic heterocycles. The van der Waals surface area contributed by atoms with Crippen LogP contribution in [0.3, 0.4) is 0 Å². The maximum absolute atomic E-state index is 5.94. The molecule has 0 fully saturated rings. The van der Waals surface area contributed by atoms with Gasteiger partial charge in [0.1, 0.15) is 6.26 Å². The zero-order chi connectivity index (χ0) is 12.5. The van der Waals surface area contributed by atoms with Crippen molar-refractivity contribution in [3.05, 3.63) is 53.5 Å². The van der Waals surface area contributed by atoms with Gasteiger partial charge in [0.15, 0.2) is 5.58 Å². The third-order valence-electron chi connectivity index (χ3n) is 2.84. The first-order valence-corrected chi connectivity index (χ1v) is 5.96. The fourth-order valence-electron chi connectivity index (χ4n) is 1.89. The van der Waals surface area contributed by atoms with Gasteiger partial charge in [0.2, 0.25) is 0 Å². The predicted molar refractivity (Wildman–Crippen MR) is 73.5 cm³/mol. The molecule has 2 heterocycles. The van der Waals surface area contributed by atoms with Crippen molar-refractivity contribution in [1.29, 1.82) is 0 Å². The number of nitrogens with one attached hydrogen (secondary N) is 1. The Bertz CT molecular complexity index is 706. The molecule has 0 aliphatic heterocycles. The Morgan fingerprint density at radius 1 is 1.22 bits per heavy atom. The number of aryl methyl sites for hydroxylation is 1. The molecule has 0 unspecified atom stereocenters. The van der Waals surface area contributed by atoms with E-state index in [9.17, 15) is 0 Å². The minimum atomic E-state index is 0.735. The van der Waals surface area contributed by atoms with Crippen LogP contribution in [0.25, 0.3) is 11.0 Å². The number of halogens is 1. The molecule has 0 radical (unpaired) electrons. The van der Waals surface area contributed by atoms with E-state index in [-0.39, 0.29) is 0 Å². The van der Waals surface area contributed by atoms with E-state index in [1.807, 2.05) is 31.2 Å². The summed E-state index contributed by atoms with van der Waals surface area (Å²) in [5.74, 6) is 0. The van der Waals surface area contributed by atoms with Crippen molar-refractivity contribution in [2.45, 2.75) is 6.92 Å². The van der Waals surface area contributed by atoms with Crippen molar-refractivity contribution >= 4 is 33.9 Å². The third-order valence-corrected chi connectivity index (χ3v) is 3.07. The Morgan fingerprint density at radius 3 is 2.94 bits per heavy atom.